The molecule has 5 heterocycles. The van der Waals surface area contributed by atoms with Gasteiger partial charge in [0.1, 0.15) is 29.2 Å². The SMILES string of the molecule is Cc1ncoc1-c1ccc2c(-c3nc(N[C@H]4CCCN(C(=O)OC(C)(C)C)C4)ncc3C(F)(F)F)cn(COCC[Si](C)(C)C)c2n1. The van der Waals surface area contributed by atoms with Crippen LogP contribution in [0.25, 0.3) is 33.7 Å². The van der Waals surface area contributed by atoms with E-state index in [9.17, 15) is 18.0 Å². The minimum atomic E-state index is -4.72. The highest BCUT2D eigenvalue weighted by molar-refractivity contribution is 6.76. The smallest absolute Gasteiger partial charge is 0.419 e. The van der Waals surface area contributed by atoms with Gasteiger partial charge in [-0.1, -0.05) is 19.6 Å². The first-order valence-corrected chi connectivity index (χ1v) is 19.4. The van der Waals surface area contributed by atoms with Crippen LogP contribution in [-0.2, 0) is 22.4 Å². The monoisotopic (exact) mass is 673 g/mol. The predicted molar refractivity (Wildman–Crippen MR) is 175 cm³/mol. The largest absolute Gasteiger partial charge is 0.444 e. The number of carbonyl (C=O) groups is 1. The van der Waals surface area contributed by atoms with Gasteiger partial charge < -0.3 is 28.7 Å². The number of nitrogens with one attached hydrogen (secondary N) is 1. The third kappa shape index (κ3) is 8.49. The standard InChI is InChI=1S/C32H42F3N7O4Si/c1-20-27(45-18-37-20)25-11-10-22-23(17-42(28(22)39-25)19-44-13-14-47(5,6)7)26-24(32(33,34)35)15-36-29(40-26)38-21-9-8-12-41(16-21)30(43)46-31(2,3)4/h10-11,15,17-18,21H,8-9,12-14,16,19H2,1-7H3,(H,36,38,40)/t21-/m0/s1. The van der Waals surface area contributed by atoms with Gasteiger partial charge in [0.2, 0.25) is 5.95 Å². The molecule has 1 atom stereocenters. The van der Waals surface area contributed by atoms with Crippen molar-refractivity contribution in [2.45, 2.75) is 90.8 Å². The third-order valence-electron chi connectivity index (χ3n) is 7.68. The van der Waals surface area contributed by atoms with E-state index in [2.05, 4.69) is 39.9 Å². The number of rotatable bonds is 9. The zero-order valence-corrected chi connectivity index (χ0v) is 28.9. The Balaban J connectivity index is 1.51. The number of hydrogen-bond donors (Lipinski definition) is 1. The highest BCUT2D eigenvalue weighted by atomic mass is 28.3. The van der Waals surface area contributed by atoms with Gasteiger partial charge >= 0.3 is 12.3 Å². The van der Waals surface area contributed by atoms with Crippen LogP contribution >= 0.6 is 0 Å². The highest BCUT2D eigenvalue weighted by Gasteiger charge is 2.37. The summed E-state index contributed by atoms with van der Waals surface area (Å²) < 4.78 is 62.1. The zero-order chi connectivity index (χ0) is 34.1. The second-order valence-corrected chi connectivity index (χ2v) is 19.7. The summed E-state index contributed by atoms with van der Waals surface area (Å²) in [5.41, 5.74) is -0.123. The van der Waals surface area contributed by atoms with Crippen molar-refractivity contribution in [2.75, 3.05) is 25.0 Å². The number of ether oxygens (including phenoxy) is 2. The first-order valence-electron chi connectivity index (χ1n) is 15.7. The second-order valence-electron chi connectivity index (χ2n) is 14.1. The fourth-order valence-corrected chi connectivity index (χ4v) is 6.06. The second kappa shape index (κ2) is 13.3. The molecule has 0 saturated carbocycles. The minimum absolute atomic E-state index is 0.0261. The third-order valence-corrected chi connectivity index (χ3v) is 9.39. The van der Waals surface area contributed by atoms with Crippen molar-refractivity contribution in [1.29, 1.82) is 0 Å². The van der Waals surface area contributed by atoms with Gasteiger partial charge in [0.05, 0.1) is 11.4 Å². The van der Waals surface area contributed by atoms with Crippen LogP contribution in [0, 0.1) is 6.92 Å². The Bertz CT molecular complexity index is 1730. The number of likely N-dealkylation sites (tertiary alicyclic amines) is 1. The van der Waals surface area contributed by atoms with Crippen LogP contribution in [0.15, 0.2) is 35.3 Å². The van der Waals surface area contributed by atoms with Crippen molar-refractivity contribution in [3.05, 3.63) is 42.2 Å². The number of piperidine rings is 1. The Morgan fingerprint density at radius 2 is 1.91 bits per heavy atom. The Morgan fingerprint density at radius 1 is 1.15 bits per heavy atom. The van der Waals surface area contributed by atoms with Crippen LogP contribution in [0.5, 0.6) is 0 Å². The van der Waals surface area contributed by atoms with Crippen LogP contribution in [0.2, 0.25) is 25.7 Å². The van der Waals surface area contributed by atoms with Gasteiger partial charge in [-0.05, 0) is 58.7 Å². The average Bonchev–Trinajstić information content (AvgIpc) is 3.56. The number of amides is 1. The number of nitrogens with zero attached hydrogens (tertiary/aromatic N) is 6. The van der Waals surface area contributed by atoms with E-state index in [1.807, 2.05) is 0 Å². The molecule has 0 spiro atoms. The number of anilines is 1. The molecule has 47 heavy (non-hydrogen) atoms. The molecule has 1 aliphatic rings. The molecule has 1 fully saturated rings. The van der Waals surface area contributed by atoms with Crippen molar-refractivity contribution in [1.82, 2.24) is 29.4 Å². The van der Waals surface area contributed by atoms with Crippen LogP contribution in [0.3, 0.4) is 0 Å². The van der Waals surface area contributed by atoms with Gasteiger partial charge in [0, 0.05) is 57.2 Å². The number of aryl methyl sites for hydroxylation is 1. The van der Waals surface area contributed by atoms with Crippen LogP contribution in [0.4, 0.5) is 23.9 Å². The summed E-state index contributed by atoms with van der Waals surface area (Å²) in [6.07, 6.45) is -0.0781. The number of alkyl halides is 3. The summed E-state index contributed by atoms with van der Waals surface area (Å²) in [6.45, 7) is 15.3. The Hall–Kier alpha value is -3.98. The van der Waals surface area contributed by atoms with E-state index in [-0.39, 0.29) is 30.0 Å². The summed E-state index contributed by atoms with van der Waals surface area (Å²) in [5, 5.41) is 3.62. The molecule has 4 aromatic heterocycles. The van der Waals surface area contributed by atoms with Crippen molar-refractivity contribution >= 4 is 31.1 Å². The van der Waals surface area contributed by atoms with Crippen LogP contribution in [0.1, 0.15) is 44.9 Å². The highest BCUT2D eigenvalue weighted by Crippen LogP contribution is 2.40. The van der Waals surface area contributed by atoms with E-state index in [0.717, 1.165) is 12.2 Å². The van der Waals surface area contributed by atoms with Gasteiger partial charge in [-0.25, -0.2) is 24.7 Å². The molecule has 1 aliphatic heterocycles. The first-order chi connectivity index (χ1) is 22.0. The predicted octanol–water partition coefficient (Wildman–Crippen LogP) is 7.60. The van der Waals surface area contributed by atoms with Crippen LogP contribution < -0.4 is 5.32 Å². The van der Waals surface area contributed by atoms with Crippen LogP contribution in [-0.4, -0.2) is 74.9 Å². The lowest BCUT2D eigenvalue weighted by atomic mass is 10.1. The Morgan fingerprint density at radius 3 is 2.57 bits per heavy atom. The number of oxazole rings is 1. The normalized spacial score (nSPS) is 16.1. The van der Waals surface area contributed by atoms with Gasteiger partial charge in [-0.15, -0.1) is 0 Å². The lowest BCUT2D eigenvalue weighted by Gasteiger charge is -2.34. The van der Waals surface area contributed by atoms with Crippen molar-refractivity contribution in [3.63, 3.8) is 0 Å². The first kappa shape index (κ1) is 34.4. The van der Waals surface area contributed by atoms with Gasteiger partial charge in [-0.3, -0.25) is 0 Å². The molecular weight excluding hydrogens is 631 g/mol. The lowest BCUT2D eigenvalue weighted by molar-refractivity contribution is -0.137. The molecule has 15 heteroatoms. The summed E-state index contributed by atoms with van der Waals surface area (Å²) in [6, 6.07) is 4.05. The number of pyridine rings is 1. The summed E-state index contributed by atoms with van der Waals surface area (Å²) in [5.74, 6) is 0.497. The molecule has 254 valence electrons. The summed E-state index contributed by atoms with van der Waals surface area (Å²) in [7, 11) is -1.37. The fourth-order valence-electron chi connectivity index (χ4n) is 5.30. The molecule has 11 nitrogen and oxygen atoms in total. The molecular formula is C32H42F3N7O4Si. The van der Waals surface area contributed by atoms with Crippen molar-refractivity contribution < 1.29 is 31.9 Å². The molecule has 1 amide bonds. The quantitative estimate of drug-likeness (QED) is 0.141. The molecule has 0 bridgehead atoms. The van der Waals surface area contributed by atoms with E-state index in [1.165, 1.54) is 6.39 Å². The summed E-state index contributed by atoms with van der Waals surface area (Å²) >= 11 is 0. The van der Waals surface area contributed by atoms with Crippen molar-refractivity contribution in [2.24, 2.45) is 0 Å². The van der Waals surface area contributed by atoms with Gasteiger partial charge in [-0.2, -0.15) is 13.2 Å². The number of fused-ring (bicyclic) bond motifs is 1. The molecule has 0 aliphatic carbocycles. The number of halogens is 3. The van der Waals surface area contributed by atoms with E-state index in [1.54, 1.807) is 55.5 Å². The zero-order valence-electron chi connectivity index (χ0n) is 27.9. The molecule has 5 rings (SSSR count). The number of hydrogen-bond acceptors (Lipinski definition) is 9. The molecule has 1 saturated heterocycles. The van der Waals surface area contributed by atoms with E-state index >= 15 is 0 Å². The lowest BCUT2D eigenvalue weighted by Crippen LogP contribution is -2.47. The maximum absolute atomic E-state index is 14.4. The number of carbonyl (C=O) groups excluding carboxylic acids is 1. The molecule has 0 radical (unpaired) electrons. The maximum atomic E-state index is 14.4. The van der Waals surface area contributed by atoms with E-state index in [0.29, 0.717) is 60.7 Å². The fraction of sp³-hybridized carbons (Fsp3) is 0.531. The minimum Gasteiger partial charge on any atom is -0.444 e. The number of aromatic nitrogens is 5. The van der Waals surface area contributed by atoms with Gasteiger partial charge in [0.25, 0.3) is 0 Å². The topological polar surface area (TPSA) is 120 Å². The van der Waals surface area contributed by atoms with Crippen molar-refractivity contribution in [3.8, 4) is 22.7 Å². The Kier molecular flexibility index (Phi) is 9.69. The van der Waals surface area contributed by atoms with E-state index < -0.39 is 31.5 Å². The molecule has 4 aromatic rings. The average molecular weight is 674 g/mol. The van der Waals surface area contributed by atoms with E-state index in [4.69, 9.17) is 18.9 Å². The Labute approximate surface area is 272 Å². The molecule has 1 N–H and O–H groups in total. The summed E-state index contributed by atoms with van der Waals surface area (Å²) in [4.78, 5) is 31.7. The maximum Gasteiger partial charge on any atom is 0.419 e. The van der Waals surface area contributed by atoms with Gasteiger partial charge in [0.15, 0.2) is 12.2 Å². The molecule has 0 unspecified atom stereocenters. The molecule has 0 aromatic carbocycles.